The minimum Gasteiger partial charge on any atom is -0.494 e. The first-order valence-corrected chi connectivity index (χ1v) is 20.0. The topological polar surface area (TPSA) is 36.9 Å². The minimum atomic E-state index is -5.55. The van der Waals surface area contributed by atoms with Crippen LogP contribution in [0.4, 0.5) is 26.3 Å². The van der Waals surface area contributed by atoms with E-state index in [1.165, 1.54) is 11.1 Å². The smallest absolute Gasteiger partial charge is 0.426 e. The van der Waals surface area contributed by atoms with Crippen LogP contribution in [0.15, 0.2) is 18.2 Å². The molecule has 4 nitrogen and oxygen atoms in total. The molecule has 0 amide bonds. The largest absolute Gasteiger partial charge is 0.494 e. The predicted octanol–water partition coefficient (Wildman–Crippen LogP) is 11.0. The number of rotatable bonds is 14. The highest BCUT2D eigenvalue weighted by atomic mass is 33.1. The maximum absolute atomic E-state index is 13.1. The van der Waals surface area contributed by atoms with E-state index in [1.54, 1.807) is 0 Å². The van der Waals surface area contributed by atoms with Gasteiger partial charge >= 0.3 is 12.4 Å². The van der Waals surface area contributed by atoms with Crippen molar-refractivity contribution in [2.75, 3.05) is 32.7 Å². The lowest BCUT2D eigenvalue weighted by atomic mass is 9.55. The van der Waals surface area contributed by atoms with Gasteiger partial charge in [0.2, 0.25) is 0 Å². The van der Waals surface area contributed by atoms with Crippen molar-refractivity contribution in [3.8, 4) is 5.75 Å². The molecule has 0 heterocycles. The van der Waals surface area contributed by atoms with E-state index in [4.69, 9.17) is 15.6 Å². The van der Waals surface area contributed by atoms with Gasteiger partial charge in [-0.15, -0.1) is 0 Å². The van der Waals surface area contributed by atoms with Crippen molar-refractivity contribution in [1.82, 2.24) is 0 Å². The summed E-state index contributed by atoms with van der Waals surface area (Å²) in [6, 6.07) is 6.58. The highest BCUT2D eigenvalue weighted by Gasteiger charge is 2.69. The molecule has 4 aliphatic carbocycles. The molecule has 3 saturated carbocycles. The van der Waals surface area contributed by atoms with E-state index in [0.29, 0.717) is 29.6 Å². The molecule has 0 bridgehead atoms. The lowest BCUT2D eigenvalue weighted by molar-refractivity contribution is -0.374. The second-order valence-corrected chi connectivity index (χ2v) is 16.6. The van der Waals surface area contributed by atoms with Crippen LogP contribution in [0.2, 0.25) is 0 Å². The molecule has 0 saturated heterocycles. The van der Waals surface area contributed by atoms with Crippen LogP contribution in [0.25, 0.3) is 0 Å². The Morgan fingerprint density at radius 3 is 2.44 bits per heavy atom. The molecule has 1 aromatic rings. The Morgan fingerprint density at radius 1 is 0.938 bits per heavy atom. The highest BCUT2D eigenvalue weighted by molar-refractivity contribution is 8.76. The molecule has 276 valence electrons. The zero-order valence-corrected chi connectivity index (χ0v) is 30.4. The summed E-state index contributed by atoms with van der Waals surface area (Å²) in [6.45, 7) is 6.37. The fourth-order valence-corrected chi connectivity index (χ4v) is 11.1. The van der Waals surface area contributed by atoms with E-state index in [9.17, 15) is 26.3 Å². The monoisotopic (exact) mass is 729 g/mol. The van der Waals surface area contributed by atoms with Gasteiger partial charge in [0.05, 0.1) is 26.8 Å². The Balaban J connectivity index is 0.00000265. The van der Waals surface area contributed by atoms with Gasteiger partial charge in [-0.05, 0) is 124 Å². The first-order chi connectivity index (χ1) is 23.3. The average Bonchev–Trinajstić information content (AvgIpc) is 3.65. The van der Waals surface area contributed by atoms with Gasteiger partial charge in [-0.25, -0.2) is 0 Å². The summed E-state index contributed by atoms with van der Waals surface area (Å²) < 4.78 is 108. The van der Waals surface area contributed by atoms with Crippen molar-refractivity contribution in [3.05, 3.63) is 29.3 Å². The molecular formula is C36H54F6O4S2. The van der Waals surface area contributed by atoms with Crippen molar-refractivity contribution in [1.29, 1.82) is 0 Å². The van der Waals surface area contributed by atoms with Crippen molar-refractivity contribution in [2.45, 2.75) is 140 Å². The number of methoxy groups -OCH3 is 1. The number of halogens is 6. The van der Waals surface area contributed by atoms with Crippen molar-refractivity contribution < 1.29 is 46.7 Å². The summed E-state index contributed by atoms with van der Waals surface area (Å²) in [5, 5.41) is 0.615. The third-order valence-electron chi connectivity index (χ3n) is 11.1. The Bertz CT molecular complexity index is 1160. The third-order valence-corrected chi connectivity index (χ3v) is 14.1. The number of fused-ring (bicyclic) bond motifs is 5. The summed E-state index contributed by atoms with van der Waals surface area (Å²) in [4.78, 5) is 0. The van der Waals surface area contributed by atoms with Gasteiger partial charge in [0.1, 0.15) is 5.75 Å². The van der Waals surface area contributed by atoms with Gasteiger partial charge in [0.15, 0.2) is 0 Å². The standard InChI is InChI=1S/C34H48F6O4S2.C2H6/c1-31-15-14-27-26-11-8-24(42-17-5-19-45-46-25-9-7-23(21-25)41-3)20-22(26)6-10-28(27)29(31)12-13-30(31)43-16-4-18-44-32(2,33(35,36)37)34(38,39)40;1-2/h8,11,20,23,25,27-30H,4-7,9-10,12-19,21H2,1-3H3;1-2H3/t23?,25?,27?,28?,29?,30-,31-;/m0./s1/i3D;. The van der Waals surface area contributed by atoms with Crippen LogP contribution >= 0.6 is 21.6 Å². The first-order valence-electron chi connectivity index (χ1n) is 18.3. The maximum Gasteiger partial charge on any atom is 0.426 e. The van der Waals surface area contributed by atoms with Crippen molar-refractivity contribution in [3.63, 3.8) is 0 Å². The molecular weight excluding hydrogens is 675 g/mol. The molecule has 0 N–H and O–H groups in total. The molecule has 0 aliphatic heterocycles. The van der Waals surface area contributed by atoms with E-state index in [2.05, 4.69) is 29.9 Å². The molecule has 1 aromatic carbocycles. The first kappa shape index (κ1) is 38.4. The van der Waals surface area contributed by atoms with Gasteiger partial charge in [-0.3, -0.25) is 0 Å². The van der Waals surface area contributed by atoms with E-state index in [0.717, 1.165) is 75.7 Å². The summed E-state index contributed by atoms with van der Waals surface area (Å²) in [5.41, 5.74) is -1.45. The van der Waals surface area contributed by atoms with Crippen LogP contribution in [0.5, 0.6) is 5.75 Å². The quantitative estimate of drug-likeness (QED) is 0.108. The number of ether oxygens (including phenoxy) is 4. The lowest BCUT2D eigenvalue weighted by Crippen LogP contribution is -2.56. The summed E-state index contributed by atoms with van der Waals surface area (Å²) in [5.74, 6) is 3.45. The lowest BCUT2D eigenvalue weighted by Gasteiger charge is -2.50. The summed E-state index contributed by atoms with van der Waals surface area (Å²) in [6.07, 6.45) is -0.721. The van der Waals surface area contributed by atoms with Crippen molar-refractivity contribution in [2.24, 2.45) is 17.3 Å². The van der Waals surface area contributed by atoms with Gasteiger partial charge in [0.25, 0.3) is 5.60 Å². The second kappa shape index (κ2) is 17.1. The summed E-state index contributed by atoms with van der Waals surface area (Å²) in [7, 11) is 3.89. The van der Waals surface area contributed by atoms with Crippen LogP contribution in [0, 0.1) is 17.3 Å². The van der Waals surface area contributed by atoms with E-state index in [1.807, 2.05) is 35.4 Å². The van der Waals surface area contributed by atoms with Gasteiger partial charge < -0.3 is 18.9 Å². The van der Waals surface area contributed by atoms with E-state index in [-0.39, 0.29) is 44.7 Å². The molecule has 7 atom stereocenters. The van der Waals surface area contributed by atoms with Crippen LogP contribution in [0.3, 0.4) is 0 Å². The minimum absolute atomic E-state index is 0.0365. The number of hydrogen-bond donors (Lipinski definition) is 0. The number of benzene rings is 1. The molecule has 0 radical (unpaired) electrons. The SMILES string of the molecule is CC.[2H]COC1CCC(SSCCCOc2ccc3c(c2)CCC2C3CC[C@@]3(C)C2CC[C@@H]3OCCCOC(C)(C(F)(F)F)C(F)(F)F)C1. The molecule has 5 rings (SSSR count). The van der Waals surface area contributed by atoms with Gasteiger partial charge in [0, 0.05) is 24.7 Å². The Hall–Kier alpha value is -0.820. The van der Waals surface area contributed by atoms with Crippen LogP contribution < -0.4 is 4.74 Å². The van der Waals surface area contributed by atoms with Crippen LogP contribution in [-0.4, -0.2) is 68.1 Å². The average molecular weight is 730 g/mol. The second-order valence-electron chi connectivity index (χ2n) is 13.8. The molecule has 12 heteroatoms. The highest BCUT2D eigenvalue weighted by Crippen LogP contribution is 2.61. The van der Waals surface area contributed by atoms with Gasteiger partial charge in [-0.1, -0.05) is 48.4 Å². The van der Waals surface area contributed by atoms with Crippen molar-refractivity contribution >= 4 is 21.6 Å². The zero-order chi connectivity index (χ0) is 35.9. The fraction of sp³-hybridized carbons (Fsp3) is 0.833. The van der Waals surface area contributed by atoms with Crippen LogP contribution in [-0.2, 0) is 20.6 Å². The number of hydrogen-bond acceptors (Lipinski definition) is 6. The number of aryl methyl sites for hydroxylation is 1. The molecule has 0 aromatic heterocycles. The molecule has 0 spiro atoms. The predicted molar refractivity (Wildman–Crippen MR) is 182 cm³/mol. The fourth-order valence-electron chi connectivity index (χ4n) is 8.35. The number of alkyl halides is 6. The molecule has 4 aliphatic rings. The molecule has 5 unspecified atom stereocenters. The zero-order valence-electron chi connectivity index (χ0n) is 29.7. The molecule has 48 heavy (non-hydrogen) atoms. The maximum atomic E-state index is 13.1. The normalized spacial score (nSPS) is 30.5. The Kier molecular flexibility index (Phi) is 13.7. The van der Waals surface area contributed by atoms with E-state index < -0.39 is 24.6 Å². The third kappa shape index (κ3) is 8.96. The summed E-state index contributed by atoms with van der Waals surface area (Å²) >= 11 is 0. The van der Waals surface area contributed by atoms with Crippen LogP contribution in [0.1, 0.15) is 110 Å². The Labute approximate surface area is 292 Å². The van der Waals surface area contributed by atoms with Gasteiger partial charge in [-0.2, -0.15) is 26.3 Å². The Morgan fingerprint density at radius 2 is 1.71 bits per heavy atom. The van der Waals surface area contributed by atoms with E-state index >= 15 is 0 Å². The molecule has 3 fully saturated rings.